The van der Waals surface area contributed by atoms with Crippen LogP contribution in [0.15, 0.2) is 23.3 Å². The molecule has 0 atom stereocenters. The first-order chi connectivity index (χ1) is 7.11. The maximum Gasteiger partial charge on any atom is 0.363 e. The Labute approximate surface area is 92.1 Å². The smallest absolute Gasteiger partial charge is 0.363 e. The first kappa shape index (κ1) is 10.1. The average molecular weight is 221 g/mol. The van der Waals surface area contributed by atoms with Crippen LogP contribution in [0, 0.1) is 6.92 Å². The summed E-state index contributed by atoms with van der Waals surface area (Å²) in [5, 5.41) is 0. The number of nitrogens with zero attached hydrogens (tertiary/aromatic N) is 1. The van der Waals surface area contributed by atoms with E-state index in [-0.39, 0.29) is 5.70 Å². The molecule has 0 N–H and O–H groups in total. The lowest BCUT2D eigenvalue weighted by Gasteiger charge is -1.93. The molecule has 0 fully saturated rings. The molecule has 2 rings (SSSR count). The van der Waals surface area contributed by atoms with Gasteiger partial charge < -0.3 is 4.74 Å². The van der Waals surface area contributed by atoms with Crippen LogP contribution in [0.4, 0.5) is 0 Å². The lowest BCUT2D eigenvalue weighted by Crippen LogP contribution is -2.03. The fourth-order valence-electron chi connectivity index (χ4n) is 1.42. The molecular weight excluding hydrogens is 210 g/mol. The molecule has 15 heavy (non-hydrogen) atoms. The first-order valence-electron chi connectivity index (χ1n) is 4.71. The van der Waals surface area contributed by atoms with Gasteiger partial charge in [-0.25, -0.2) is 9.79 Å². The van der Waals surface area contributed by atoms with E-state index in [1.807, 2.05) is 13.0 Å². The largest absolute Gasteiger partial charge is 0.401 e. The fourth-order valence-corrected chi connectivity index (χ4v) is 2.46. The number of esters is 1. The van der Waals surface area contributed by atoms with E-state index >= 15 is 0 Å². The van der Waals surface area contributed by atoms with Crippen molar-refractivity contribution in [2.45, 2.75) is 20.3 Å². The number of carbonyl (C=O) groups is 1. The molecule has 0 aromatic carbocycles. The molecule has 78 valence electrons. The second-order valence-corrected chi connectivity index (χ2v) is 4.46. The third-order valence-corrected chi connectivity index (χ3v) is 3.58. The molecule has 1 aliphatic heterocycles. The molecule has 4 heteroatoms. The number of ether oxygens (including phenoxy) is 1. The quantitative estimate of drug-likeness (QED) is 0.568. The summed E-state index contributed by atoms with van der Waals surface area (Å²) < 4.78 is 4.99. The van der Waals surface area contributed by atoms with Crippen LogP contribution < -0.4 is 0 Å². The monoisotopic (exact) mass is 221 g/mol. The molecule has 0 saturated heterocycles. The number of rotatable bonds is 2. The zero-order valence-corrected chi connectivity index (χ0v) is 9.48. The highest BCUT2D eigenvalue weighted by Crippen LogP contribution is 2.26. The number of thiophene rings is 1. The number of aryl methyl sites for hydroxylation is 2. The summed E-state index contributed by atoms with van der Waals surface area (Å²) in [4.78, 5) is 17.3. The summed E-state index contributed by atoms with van der Waals surface area (Å²) in [5.74, 6) is -0.0631. The van der Waals surface area contributed by atoms with Gasteiger partial charge in [0.05, 0.1) is 4.88 Å². The molecule has 0 radical (unpaired) electrons. The Balaban J connectivity index is 2.35. The van der Waals surface area contributed by atoms with Crippen molar-refractivity contribution in [3.8, 4) is 0 Å². The predicted molar refractivity (Wildman–Crippen MR) is 60.2 cm³/mol. The van der Waals surface area contributed by atoms with Gasteiger partial charge in [0, 0.05) is 4.88 Å². The minimum absolute atomic E-state index is 0.175. The number of hydrogen-bond acceptors (Lipinski definition) is 4. The van der Waals surface area contributed by atoms with Crippen molar-refractivity contribution in [2.24, 2.45) is 4.99 Å². The molecule has 3 nitrogen and oxygen atoms in total. The van der Waals surface area contributed by atoms with Gasteiger partial charge in [-0.3, -0.25) is 0 Å². The Morgan fingerprint density at radius 1 is 1.60 bits per heavy atom. The van der Waals surface area contributed by atoms with Gasteiger partial charge in [0.2, 0.25) is 5.90 Å². The van der Waals surface area contributed by atoms with Crippen molar-refractivity contribution in [1.82, 2.24) is 0 Å². The Kier molecular flexibility index (Phi) is 2.44. The van der Waals surface area contributed by atoms with Gasteiger partial charge in [0.1, 0.15) is 5.70 Å². The van der Waals surface area contributed by atoms with Gasteiger partial charge in [-0.15, -0.1) is 11.3 Å². The van der Waals surface area contributed by atoms with E-state index in [4.69, 9.17) is 4.74 Å². The van der Waals surface area contributed by atoms with Gasteiger partial charge in [0.15, 0.2) is 0 Å². The standard InChI is InChI=1S/C11H11NO2S/c1-4-8-6(2)5-9(15-8)10-12-7(3)11(13)14-10/h5H,3-4H2,1-2H3. The number of cyclic esters (lactones) is 1. The summed E-state index contributed by atoms with van der Waals surface area (Å²) >= 11 is 1.61. The molecule has 1 aliphatic rings. The Bertz CT molecular complexity index is 471. The fraction of sp³-hybridized carbons (Fsp3) is 0.273. The van der Waals surface area contributed by atoms with Crippen LogP contribution >= 0.6 is 11.3 Å². The van der Waals surface area contributed by atoms with Gasteiger partial charge in [-0.05, 0) is 25.0 Å². The third-order valence-electron chi connectivity index (χ3n) is 2.21. The van der Waals surface area contributed by atoms with Crippen LogP contribution in [0.25, 0.3) is 0 Å². The minimum atomic E-state index is -0.450. The van der Waals surface area contributed by atoms with Crippen molar-refractivity contribution >= 4 is 23.2 Å². The second-order valence-electron chi connectivity index (χ2n) is 3.32. The SMILES string of the molecule is C=C1N=C(c2cc(C)c(CC)s2)OC1=O. The highest BCUT2D eigenvalue weighted by Gasteiger charge is 2.23. The van der Waals surface area contributed by atoms with Gasteiger partial charge in [0.25, 0.3) is 0 Å². The van der Waals surface area contributed by atoms with Gasteiger partial charge in [-0.2, -0.15) is 0 Å². The van der Waals surface area contributed by atoms with Crippen LogP contribution in [-0.2, 0) is 16.0 Å². The van der Waals surface area contributed by atoms with Crippen LogP contribution in [0.2, 0.25) is 0 Å². The van der Waals surface area contributed by atoms with Crippen molar-refractivity contribution in [3.63, 3.8) is 0 Å². The maximum absolute atomic E-state index is 11.1. The van der Waals surface area contributed by atoms with E-state index in [9.17, 15) is 4.79 Å². The molecule has 0 unspecified atom stereocenters. The molecule has 2 heterocycles. The Morgan fingerprint density at radius 2 is 2.33 bits per heavy atom. The van der Waals surface area contributed by atoms with Crippen LogP contribution in [0.3, 0.4) is 0 Å². The minimum Gasteiger partial charge on any atom is -0.401 e. The lowest BCUT2D eigenvalue weighted by molar-refractivity contribution is -0.129. The molecule has 0 spiro atoms. The summed E-state index contributed by atoms with van der Waals surface area (Å²) in [7, 11) is 0. The first-order valence-corrected chi connectivity index (χ1v) is 5.53. The van der Waals surface area contributed by atoms with E-state index < -0.39 is 5.97 Å². The summed E-state index contributed by atoms with van der Waals surface area (Å²) in [5.41, 5.74) is 1.39. The van der Waals surface area contributed by atoms with E-state index in [1.54, 1.807) is 11.3 Å². The molecular formula is C11H11NO2S. The van der Waals surface area contributed by atoms with E-state index in [2.05, 4.69) is 18.5 Å². The van der Waals surface area contributed by atoms with Gasteiger partial charge >= 0.3 is 5.97 Å². The number of hydrogen-bond donors (Lipinski definition) is 0. The summed E-state index contributed by atoms with van der Waals surface area (Å²) in [6.07, 6.45) is 0.985. The van der Waals surface area contributed by atoms with Crippen LogP contribution in [-0.4, -0.2) is 11.9 Å². The normalized spacial score (nSPS) is 15.5. The molecule has 1 aromatic rings. The number of aliphatic imine (C=N–C) groups is 1. The maximum atomic E-state index is 11.1. The van der Waals surface area contributed by atoms with Crippen molar-refractivity contribution in [2.75, 3.05) is 0 Å². The highest BCUT2D eigenvalue weighted by molar-refractivity contribution is 7.14. The second kappa shape index (κ2) is 3.62. The molecule has 0 bridgehead atoms. The molecule has 1 aromatic heterocycles. The van der Waals surface area contributed by atoms with Crippen molar-refractivity contribution in [3.05, 3.63) is 33.7 Å². The summed E-state index contributed by atoms with van der Waals surface area (Å²) in [6, 6.07) is 1.99. The van der Waals surface area contributed by atoms with E-state index in [0.29, 0.717) is 5.90 Å². The van der Waals surface area contributed by atoms with Crippen molar-refractivity contribution < 1.29 is 9.53 Å². The zero-order chi connectivity index (χ0) is 11.0. The van der Waals surface area contributed by atoms with E-state index in [0.717, 1.165) is 11.3 Å². The van der Waals surface area contributed by atoms with Crippen molar-refractivity contribution in [1.29, 1.82) is 0 Å². The Hall–Kier alpha value is -1.42. The molecule has 0 amide bonds. The number of carbonyl (C=O) groups excluding carboxylic acids is 1. The zero-order valence-electron chi connectivity index (χ0n) is 8.66. The van der Waals surface area contributed by atoms with Crippen LogP contribution in [0.5, 0.6) is 0 Å². The predicted octanol–water partition coefficient (Wildman–Crippen LogP) is 2.44. The molecule has 0 aliphatic carbocycles. The van der Waals surface area contributed by atoms with Crippen LogP contribution in [0.1, 0.15) is 22.2 Å². The lowest BCUT2D eigenvalue weighted by atomic mass is 10.2. The third kappa shape index (κ3) is 1.72. The Morgan fingerprint density at radius 3 is 2.80 bits per heavy atom. The topological polar surface area (TPSA) is 38.7 Å². The van der Waals surface area contributed by atoms with Gasteiger partial charge in [-0.1, -0.05) is 13.5 Å². The summed E-state index contributed by atoms with van der Waals surface area (Å²) in [6.45, 7) is 7.65. The van der Waals surface area contributed by atoms with E-state index in [1.165, 1.54) is 10.4 Å². The highest BCUT2D eigenvalue weighted by atomic mass is 32.1. The average Bonchev–Trinajstić information content (AvgIpc) is 2.71. The molecule has 0 saturated carbocycles.